The van der Waals surface area contributed by atoms with Gasteiger partial charge < -0.3 is 14.4 Å². The monoisotopic (exact) mass is 444 g/mol. The quantitative estimate of drug-likeness (QED) is 0.617. The molecule has 2 aliphatic heterocycles. The van der Waals surface area contributed by atoms with Gasteiger partial charge in [0.25, 0.3) is 5.56 Å². The van der Waals surface area contributed by atoms with Crippen LogP contribution in [0.2, 0.25) is 0 Å². The molecule has 3 aromatic rings. The predicted octanol–water partition coefficient (Wildman–Crippen LogP) is 3.63. The van der Waals surface area contributed by atoms with Gasteiger partial charge in [0.1, 0.15) is 0 Å². The molecule has 0 saturated carbocycles. The first-order chi connectivity index (χ1) is 16.1. The molecule has 0 aliphatic carbocycles. The highest BCUT2D eigenvalue weighted by atomic mass is 16.2. The normalized spacial score (nSPS) is 18.1. The molecule has 3 heterocycles. The smallest absolute Gasteiger partial charge is 0.293 e. The maximum Gasteiger partial charge on any atom is 0.293 e. The molecule has 5 rings (SSSR count). The Kier molecular flexibility index (Phi) is 6.16. The largest absolute Gasteiger partial charge is 0.352 e. The third-order valence-corrected chi connectivity index (χ3v) is 7.40. The second kappa shape index (κ2) is 9.38. The highest BCUT2D eigenvalue weighted by Crippen LogP contribution is 2.27. The average Bonchev–Trinajstić information content (AvgIpc) is 2.87. The Morgan fingerprint density at radius 1 is 0.909 bits per heavy atom. The van der Waals surface area contributed by atoms with Crippen molar-refractivity contribution in [1.29, 1.82) is 0 Å². The molecular formula is C27H32N4O2. The second-order valence-corrected chi connectivity index (χ2v) is 9.51. The minimum atomic E-state index is -0.0704. The van der Waals surface area contributed by atoms with E-state index >= 15 is 0 Å². The third kappa shape index (κ3) is 4.52. The molecule has 2 aromatic carbocycles. The summed E-state index contributed by atoms with van der Waals surface area (Å²) in [7, 11) is 1.80. The van der Waals surface area contributed by atoms with E-state index in [2.05, 4.69) is 45.1 Å². The number of anilines is 1. The molecule has 0 spiro atoms. The number of aryl methyl sites for hydroxylation is 1. The first kappa shape index (κ1) is 21.7. The van der Waals surface area contributed by atoms with Crippen LogP contribution in [0.25, 0.3) is 11.0 Å². The van der Waals surface area contributed by atoms with Crippen LogP contribution < -0.4 is 10.5 Å². The average molecular weight is 445 g/mol. The Labute approximate surface area is 194 Å². The van der Waals surface area contributed by atoms with Gasteiger partial charge in [0.05, 0.1) is 11.0 Å². The van der Waals surface area contributed by atoms with Crippen molar-refractivity contribution < 1.29 is 4.79 Å². The number of aromatic nitrogens is 2. The van der Waals surface area contributed by atoms with E-state index in [0.717, 1.165) is 56.2 Å². The maximum absolute atomic E-state index is 13.2. The molecule has 0 atom stereocenters. The SMILES string of the molecule is Cn1c(=O)c(N2CCC(C(=O)N3CCC(Cc4ccccc4)CC3)CC2)nc2ccccc21. The zero-order chi connectivity index (χ0) is 22.8. The van der Waals surface area contributed by atoms with Crippen LogP contribution in [0.1, 0.15) is 31.2 Å². The van der Waals surface area contributed by atoms with E-state index in [1.54, 1.807) is 11.6 Å². The highest BCUT2D eigenvalue weighted by Gasteiger charge is 2.32. The van der Waals surface area contributed by atoms with Crippen LogP contribution in [-0.2, 0) is 18.3 Å². The number of piperidine rings is 2. The molecule has 1 amide bonds. The van der Waals surface area contributed by atoms with Crippen molar-refractivity contribution in [1.82, 2.24) is 14.5 Å². The van der Waals surface area contributed by atoms with Crippen molar-refractivity contribution in [2.45, 2.75) is 32.1 Å². The number of carbonyl (C=O) groups is 1. The lowest BCUT2D eigenvalue weighted by molar-refractivity contribution is -0.137. The predicted molar refractivity (Wildman–Crippen MR) is 131 cm³/mol. The zero-order valence-corrected chi connectivity index (χ0v) is 19.3. The van der Waals surface area contributed by atoms with Gasteiger partial charge in [0, 0.05) is 39.1 Å². The van der Waals surface area contributed by atoms with Gasteiger partial charge in [-0.2, -0.15) is 0 Å². The summed E-state index contributed by atoms with van der Waals surface area (Å²) in [5.41, 5.74) is 2.99. The lowest BCUT2D eigenvalue weighted by atomic mass is 9.88. The van der Waals surface area contributed by atoms with Crippen LogP contribution in [0, 0.1) is 11.8 Å². The number of benzene rings is 2. The molecule has 1 aromatic heterocycles. The summed E-state index contributed by atoms with van der Waals surface area (Å²) in [6, 6.07) is 18.4. The lowest BCUT2D eigenvalue weighted by Gasteiger charge is -2.37. The fourth-order valence-electron chi connectivity index (χ4n) is 5.37. The molecule has 33 heavy (non-hydrogen) atoms. The summed E-state index contributed by atoms with van der Waals surface area (Å²) in [5, 5.41) is 0. The minimum Gasteiger partial charge on any atom is -0.352 e. The van der Waals surface area contributed by atoms with Gasteiger partial charge in [-0.05, 0) is 55.7 Å². The molecule has 2 fully saturated rings. The number of likely N-dealkylation sites (tertiary alicyclic amines) is 1. The fraction of sp³-hybridized carbons (Fsp3) is 0.444. The number of nitrogens with zero attached hydrogens (tertiary/aromatic N) is 4. The van der Waals surface area contributed by atoms with Gasteiger partial charge in [-0.3, -0.25) is 9.59 Å². The van der Waals surface area contributed by atoms with Crippen molar-refractivity contribution in [2.75, 3.05) is 31.1 Å². The third-order valence-electron chi connectivity index (χ3n) is 7.40. The van der Waals surface area contributed by atoms with Crippen LogP contribution >= 0.6 is 0 Å². The molecule has 0 radical (unpaired) electrons. The van der Waals surface area contributed by atoms with Crippen LogP contribution in [0.5, 0.6) is 0 Å². The minimum absolute atomic E-state index is 0.0521. The molecule has 0 unspecified atom stereocenters. The van der Waals surface area contributed by atoms with Gasteiger partial charge >= 0.3 is 0 Å². The number of amides is 1. The standard InChI is InChI=1S/C27H32N4O2/c1-29-24-10-6-5-9-23(24)28-25(27(29)33)30-17-13-22(14-18-30)26(32)31-15-11-21(12-16-31)19-20-7-3-2-4-8-20/h2-10,21-22H,11-19H2,1H3. The van der Waals surface area contributed by atoms with Gasteiger partial charge in [0.2, 0.25) is 5.91 Å². The molecular weight excluding hydrogens is 412 g/mol. The Morgan fingerprint density at radius 2 is 1.58 bits per heavy atom. The van der Waals surface area contributed by atoms with E-state index in [1.807, 2.05) is 24.3 Å². The number of para-hydroxylation sites is 2. The molecule has 6 nitrogen and oxygen atoms in total. The lowest BCUT2D eigenvalue weighted by Crippen LogP contribution is -2.46. The van der Waals surface area contributed by atoms with Gasteiger partial charge in [0.15, 0.2) is 5.82 Å². The summed E-state index contributed by atoms with van der Waals surface area (Å²) < 4.78 is 1.68. The van der Waals surface area contributed by atoms with Crippen molar-refractivity contribution in [3.63, 3.8) is 0 Å². The van der Waals surface area contributed by atoms with Crippen molar-refractivity contribution in [2.24, 2.45) is 18.9 Å². The van der Waals surface area contributed by atoms with Crippen molar-refractivity contribution in [3.05, 3.63) is 70.5 Å². The summed E-state index contributed by atoms with van der Waals surface area (Å²) >= 11 is 0. The second-order valence-electron chi connectivity index (χ2n) is 9.51. The van der Waals surface area contributed by atoms with Crippen LogP contribution in [0.4, 0.5) is 5.82 Å². The topological polar surface area (TPSA) is 58.4 Å². The number of fused-ring (bicyclic) bond motifs is 1. The van der Waals surface area contributed by atoms with E-state index in [1.165, 1.54) is 5.56 Å². The fourth-order valence-corrected chi connectivity index (χ4v) is 5.37. The summed E-state index contributed by atoms with van der Waals surface area (Å²) in [6.45, 7) is 3.12. The van der Waals surface area contributed by atoms with E-state index in [4.69, 9.17) is 0 Å². The zero-order valence-electron chi connectivity index (χ0n) is 19.3. The van der Waals surface area contributed by atoms with Gasteiger partial charge in [-0.15, -0.1) is 0 Å². The Bertz CT molecular complexity index is 1170. The first-order valence-electron chi connectivity index (χ1n) is 12.1. The molecule has 172 valence electrons. The Morgan fingerprint density at radius 3 is 2.30 bits per heavy atom. The van der Waals surface area contributed by atoms with E-state index in [-0.39, 0.29) is 11.5 Å². The van der Waals surface area contributed by atoms with Crippen LogP contribution in [-0.4, -0.2) is 46.5 Å². The Hall–Kier alpha value is -3.15. The summed E-state index contributed by atoms with van der Waals surface area (Å²) in [4.78, 5) is 34.9. The van der Waals surface area contributed by atoms with Crippen LogP contribution in [0.15, 0.2) is 59.4 Å². The Balaban J connectivity index is 1.17. The number of hydrogen-bond acceptors (Lipinski definition) is 4. The van der Waals surface area contributed by atoms with Crippen molar-refractivity contribution in [3.8, 4) is 0 Å². The van der Waals surface area contributed by atoms with Gasteiger partial charge in [-0.25, -0.2) is 4.98 Å². The molecule has 6 heteroatoms. The number of carbonyl (C=O) groups excluding carboxylic acids is 1. The van der Waals surface area contributed by atoms with Gasteiger partial charge in [-0.1, -0.05) is 42.5 Å². The first-order valence-corrected chi connectivity index (χ1v) is 12.1. The van der Waals surface area contributed by atoms with Crippen molar-refractivity contribution >= 4 is 22.8 Å². The van der Waals surface area contributed by atoms with E-state index in [9.17, 15) is 9.59 Å². The maximum atomic E-state index is 13.2. The molecule has 2 saturated heterocycles. The molecule has 0 N–H and O–H groups in total. The summed E-state index contributed by atoms with van der Waals surface area (Å²) in [5.74, 6) is 1.51. The summed E-state index contributed by atoms with van der Waals surface area (Å²) in [6.07, 6.45) is 4.82. The van der Waals surface area contributed by atoms with Crippen LogP contribution in [0.3, 0.4) is 0 Å². The highest BCUT2D eigenvalue weighted by molar-refractivity contribution is 5.79. The van der Waals surface area contributed by atoms with E-state index < -0.39 is 0 Å². The molecule has 2 aliphatic rings. The molecule has 0 bridgehead atoms. The number of rotatable bonds is 4. The number of hydrogen-bond donors (Lipinski definition) is 0. The van der Waals surface area contributed by atoms with E-state index in [0.29, 0.717) is 30.7 Å².